The molecule has 1 aromatic rings. The average molecular weight is 264 g/mol. The molecule has 0 atom stereocenters. The smallest absolute Gasteiger partial charge is 0.320 e. The predicted octanol–water partition coefficient (Wildman–Crippen LogP) is 1.45. The minimum Gasteiger partial charge on any atom is -0.447 e. The molecule has 1 fully saturated rings. The molecular weight excluding hydrogens is 253 g/mol. The third-order valence-electron chi connectivity index (χ3n) is 2.12. The Morgan fingerprint density at radius 1 is 1.25 bits per heavy atom. The molecular formula is C9H11Cl2N3O2. The summed E-state index contributed by atoms with van der Waals surface area (Å²) in [6.45, 7) is 3.55. The van der Waals surface area contributed by atoms with Crippen molar-refractivity contribution in [3.63, 3.8) is 0 Å². The summed E-state index contributed by atoms with van der Waals surface area (Å²) in [5.41, 5.74) is 0. The van der Waals surface area contributed by atoms with Crippen LogP contribution < -0.4 is 4.74 Å². The van der Waals surface area contributed by atoms with Gasteiger partial charge in [-0.2, -0.15) is 9.97 Å². The number of rotatable bonds is 3. The van der Waals surface area contributed by atoms with Crippen molar-refractivity contribution in [2.75, 3.05) is 33.0 Å². The number of aromatic nitrogens is 2. The highest BCUT2D eigenvalue weighted by Crippen LogP contribution is 2.15. The molecule has 1 aromatic heterocycles. The molecule has 0 aromatic carbocycles. The van der Waals surface area contributed by atoms with E-state index < -0.39 is 0 Å². The highest BCUT2D eigenvalue weighted by molar-refractivity contribution is 6.33. The summed E-state index contributed by atoms with van der Waals surface area (Å²) in [6.07, 6.45) is 0. The lowest BCUT2D eigenvalue weighted by Gasteiger charge is -2.25. The Morgan fingerprint density at radius 3 is 2.50 bits per heavy atom. The fraction of sp³-hybridized carbons (Fsp3) is 0.556. The van der Waals surface area contributed by atoms with E-state index in [1.807, 2.05) is 0 Å². The molecule has 1 aliphatic heterocycles. The SMILES string of the molecule is Clc1cc(Cl)nc(OCN2CCOCC2)n1. The van der Waals surface area contributed by atoms with Gasteiger partial charge in [0.15, 0.2) is 0 Å². The molecule has 16 heavy (non-hydrogen) atoms. The van der Waals surface area contributed by atoms with Crippen LogP contribution in [0.4, 0.5) is 0 Å². The van der Waals surface area contributed by atoms with E-state index in [4.69, 9.17) is 32.7 Å². The van der Waals surface area contributed by atoms with E-state index in [1.165, 1.54) is 6.07 Å². The lowest BCUT2D eigenvalue weighted by molar-refractivity contribution is 0.00185. The van der Waals surface area contributed by atoms with Crippen LogP contribution in [0.1, 0.15) is 0 Å². The molecule has 0 amide bonds. The molecule has 1 saturated heterocycles. The summed E-state index contributed by atoms with van der Waals surface area (Å²) < 4.78 is 10.6. The van der Waals surface area contributed by atoms with Crippen LogP contribution in [-0.4, -0.2) is 47.9 Å². The van der Waals surface area contributed by atoms with Gasteiger partial charge in [-0.1, -0.05) is 23.2 Å². The summed E-state index contributed by atoms with van der Waals surface area (Å²) in [4.78, 5) is 9.92. The minimum atomic E-state index is 0.198. The maximum absolute atomic E-state index is 5.72. The van der Waals surface area contributed by atoms with Crippen molar-refractivity contribution in [3.05, 3.63) is 16.4 Å². The highest BCUT2D eigenvalue weighted by atomic mass is 35.5. The van der Waals surface area contributed by atoms with Gasteiger partial charge in [0.25, 0.3) is 0 Å². The number of halogens is 2. The lowest BCUT2D eigenvalue weighted by Crippen LogP contribution is -2.38. The molecule has 2 rings (SSSR count). The summed E-state index contributed by atoms with van der Waals surface area (Å²) in [7, 11) is 0. The Balaban J connectivity index is 1.88. The fourth-order valence-corrected chi connectivity index (χ4v) is 1.72. The maximum Gasteiger partial charge on any atom is 0.320 e. The number of nitrogens with zero attached hydrogens (tertiary/aromatic N) is 3. The summed E-state index contributed by atoms with van der Waals surface area (Å²) in [5.74, 6) is 0. The lowest BCUT2D eigenvalue weighted by atomic mass is 10.5. The van der Waals surface area contributed by atoms with Gasteiger partial charge in [0.1, 0.15) is 17.0 Å². The van der Waals surface area contributed by atoms with E-state index in [0.717, 1.165) is 26.3 Å². The van der Waals surface area contributed by atoms with E-state index in [2.05, 4.69) is 14.9 Å². The second-order valence-electron chi connectivity index (χ2n) is 3.30. The third-order valence-corrected chi connectivity index (χ3v) is 2.51. The largest absolute Gasteiger partial charge is 0.447 e. The first-order valence-electron chi connectivity index (χ1n) is 4.87. The zero-order chi connectivity index (χ0) is 11.4. The Morgan fingerprint density at radius 2 is 1.88 bits per heavy atom. The first kappa shape index (κ1) is 11.9. The highest BCUT2D eigenvalue weighted by Gasteiger charge is 2.11. The van der Waals surface area contributed by atoms with Crippen LogP contribution in [0.15, 0.2) is 6.07 Å². The van der Waals surface area contributed by atoms with Crippen molar-refractivity contribution in [2.24, 2.45) is 0 Å². The molecule has 0 bridgehead atoms. The summed E-state index contributed by atoms with van der Waals surface area (Å²) >= 11 is 11.4. The van der Waals surface area contributed by atoms with Gasteiger partial charge in [-0.25, -0.2) is 0 Å². The second-order valence-corrected chi connectivity index (χ2v) is 4.07. The van der Waals surface area contributed by atoms with Crippen molar-refractivity contribution >= 4 is 23.2 Å². The van der Waals surface area contributed by atoms with Crippen LogP contribution in [-0.2, 0) is 4.74 Å². The maximum atomic E-state index is 5.72. The Labute approximate surface area is 103 Å². The van der Waals surface area contributed by atoms with Crippen molar-refractivity contribution < 1.29 is 9.47 Å². The molecule has 0 unspecified atom stereocenters. The van der Waals surface area contributed by atoms with Crippen LogP contribution >= 0.6 is 23.2 Å². The van der Waals surface area contributed by atoms with Gasteiger partial charge < -0.3 is 9.47 Å². The summed E-state index contributed by atoms with van der Waals surface area (Å²) in [6, 6.07) is 1.66. The van der Waals surface area contributed by atoms with E-state index in [9.17, 15) is 0 Å². The molecule has 1 aliphatic rings. The molecule has 0 aliphatic carbocycles. The van der Waals surface area contributed by atoms with Crippen molar-refractivity contribution in [3.8, 4) is 6.01 Å². The van der Waals surface area contributed by atoms with Crippen molar-refractivity contribution in [2.45, 2.75) is 0 Å². The van der Waals surface area contributed by atoms with Crippen LogP contribution in [0.2, 0.25) is 10.3 Å². The van der Waals surface area contributed by atoms with Gasteiger partial charge in [-0.3, -0.25) is 4.90 Å². The minimum absolute atomic E-state index is 0.198. The number of ether oxygens (including phenoxy) is 2. The van der Waals surface area contributed by atoms with Gasteiger partial charge in [0.2, 0.25) is 0 Å². The second kappa shape index (κ2) is 5.63. The molecule has 0 saturated carbocycles. The first-order valence-corrected chi connectivity index (χ1v) is 5.62. The number of hydrogen-bond acceptors (Lipinski definition) is 5. The molecule has 0 N–H and O–H groups in total. The molecule has 88 valence electrons. The van der Waals surface area contributed by atoms with Gasteiger partial charge in [-0.15, -0.1) is 0 Å². The standard InChI is InChI=1S/C9H11Cl2N3O2/c10-7-5-8(11)13-9(12-7)16-6-14-1-3-15-4-2-14/h5H,1-4,6H2. The van der Waals surface area contributed by atoms with E-state index in [1.54, 1.807) is 0 Å². The average Bonchev–Trinajstić information content (AvgIpc) is 2.27. The molecule has 5 nitrogen and oxygen atoms in total. The zero-order valence-corrected chi connectivity index (χ0v) is 10.0. The van der Waals surface area contributed by atoms with Crippen molar-refractivity contribution in [1.29, 1.82) is 0 Å². The van der Waals surface area contributed by atoms with Crippen LogP contribution in [0.3, 0.4) is 0 Å². The molecule has 7 heteroatoms. The molecule has 0 spiro atoms. The van der Waals surface area contributed by atoms with Gasteiger partial charge in [0.05, 0.1) is 13.2 Å². The Hall–Kier alpha value is -0.620. The van der Waals surface area contributed by atoms with Crippen molar-refractivity contribution in [1.82, 2.24) is 14.9 Å². The number of hydrogen-bond donors (Lipinski definition) is 0. The Kier molecular flexibility index (Phi) is 4.17. The Bertz CT molecular complexity index is 338. The van der Waals surface area contributed by atoms with E-state index in [0.29, 0.717) is 6.73 Å². The normalized spacial score (nSPS) is 17.4. The quantitative estimate of drug-likeness (QED) is 0.773. The fourth-order valence-electron chi connectivity index (χ4n) is 1.31. The first-order chi connectivity index (χ1) is 7.74. The number of morpholine rings is 1. The monoisotopic (exact) mass is 263 g/mol. The van der Waals surface area contributed by atoms with Gasteiger partial charge in [0, 0.05) is 19.2 Å². The third kappa shape index (κ3) is 3.45. The molecule has 0 radical (unpaired) electrons. The summed E-state index contributed by atoms with van der Waals surface area (Å²) in [5, 5.41) is 0.550. The molecule has 2 heterocycles. The topological polar surface area (TPSA) is 47.5 Å². The van der Waals surface area contributed by atoms with Crippen LogP contribution in [0.5, 0.6) is 6.01 Å². The van der Waals surface area contributed by atoms with E-state index >= 15 is 0 Å². The zero-order valence-electron chi connectivity index (χ0n) is 8.53. The van der Waals surface area contributed by atoms with Gasteiger partial charge in [-0.05, 0) is 0 Å². The predicted molar refractivity (Wildman–Crippen MR) is 59.9 cm³/mol. The van der Waals surface area contributed by atoms with Crippen LogP contribution in [0.25, 0.3) is 0 Å². The van der Waals surface area contributed by atoms with Gasteiger partial charge >= 0.3 is 6.01 Å². The van der Waals surface area contributed by atoms with E-state index in [-0.39, 0.29) is 16.3 Å². The van der Waals surface area contributed by atoms with Crippen LogP contribution in [0, 0.1) is 0 Å².